The van der Waals surface area contributed by atoms with Crippen LogP contribution in [0.2, 0.25) is 0 Å². The van der Waals surface area contributed by atoms with E-state index in [4.69, 9.17) is 5.26 Å². The van der Waals surface area contributed by atoms with Crippen molar-refractivity contribution in [2.45, 2.75) is 31.8 Å². The smallest absolute Gasteiger partial charge is 0.233 e. The number of nitrogens with one attached hydrogen (secondary N) is 2. The van der Waals surface area contributed by atoms with E-state index >= 15 is 0 Å². The average Bonchev–Trinajstić information content (AvgIpc) is 2.55. The van der Waals surface area contributed by atoms with E-state index < -0.39 is 0 Å². The van der Waals surface area contributed by atoms with Crippen LogP contribution in [0.1, 0.15) is 24.8 Å². The fraction of sp³-hybridized carbons (Fsp3) is 0.529. The second-order valence-corrected chi connectivity index (χ2v) is 5.67. The number of amides is 1. The molecule has 1 saturated heterocycles. The predicted octanol–water partition coefficient (Wildman–Crippen LogP) is 1.27. The molecule has 1 heterocycles. The van der Waals surface area contributed by atoms with Crippen LogP contribution in [0.4, 0.5) is 0 Å². The quantitative estimate of drug-likeness (QED) is 0.744. The molecule has 22 heavy (non-hydrogen) atoms. The lowest BCUT2D eigenvalue weighted by molar-refractivity contribution is -0.120. The second-order valence-electron chi connectivity index (χ2n) is 5.67. The standard InChI is InChI=1S/C17H24N4O/c18-9-4-10-19-17(22)13-20-16-7-11-21(12-8-16)14-15-5-2-1-3-6-15/h1-3,5-6,16,20H,4,7-8,10-14H2,(H,19,22). The molecule has 0 aliphatic carbocycles. The Bertz CT molecular complexity index is 489. The van der Waals surface area contributed by atoms with Gasteiger partial charge < -0.3 is 10.6 Å². The monoisotopic (exact) mass is 300 g/mol. The highest BCUT2D eigenvalue weighted by atomic mass is 16.1. The molecular formula is C17H24N4O. The molecule has 5 heteroatoms. The Kier molecular flexibility index (Phi) is 6.88. The Balaban J connectivity index is 1.61. The van der Waals surface area contributed by atoms with Crippen molar-refractivity contribution in [1.29, 1.82) is 5.26 Å². The highest BCUT2D eigenvalue weighted by Crippen LogP contribution is 2.13. The molecule has 0 unspecified atom stereocenters. The van der Waals surface area contributed by atoms with Crippen LogP contribution in [0.25, 0.3) is 0 Å². The van der Waals surface area contributed by atoms with Gasteiger partial charge in [-0.05, 0) is 31.5 Å². The third-order valence-electron chi connectivity index (χ3n) is 3.95. The largest absolute Gasteiger partial charge is 0.354 e. The van der Waals surface area contributed by atoms with E-state index in [0.717, 1.165) is 32.5 Å². The summed E-state index contributed by atoms with van der Waals surface area (Å²) in [5.41, 5.74) is 1.35. The minimum Gasteiger partial charge on any atom is -0.354 e. The van der Waals surface area contributed by atoms with Crippen LogP contribution in [0, 0.1) is 11.3 Å². The Morgan fingerprint density at radius 2 is 2.00 bits per heavy atom. The molecule has 0 bridgehead atoms. The van der Waals surface area contributed by atoms with Gasteiger partial charge in [0.1, 0.15) is 0 Å². The summed E-state index contributed by atoms with van der Waals surface area (Å²) in [5, 5.41) is 14.5. The van der Waals surface area contributed by atoms with Crippen molar-refractivity contribution < 1.29 is 4.79 Å². The van der Waals surface area contributed by atoms with Gasteiger partial charge in [0.25, 0.3) is 0 Å². The molecule has 0 spiro atoms. The van der Waals surface area contributed by atoms with Crippen molar-refractivity contribution in [3.63, 3.8) is 0 Å². The number of hydrogen-bond acceptors (Lipinski definition) is 4. The van der Waals surface area contributed by atoms with Crippen LogP contribution >= 0.6 is 0 Å². The van der Waals surface area contributed by atoms with E-state index in [1.54, 1.807) is 0 Å². The Labute approximate surface area is 132 Å². The average molecular weight is 300 g/mol. The van der Waals surface area contributed by atoms with Gasteiger partial charge in [0.2, 0.25) is 5.91 Å². The lowest BCUT2D eigenvalue weighted by Crippen LogP contribution is -2.45. The summed E-state index contributed by atoms with van der Waals surface area (Å²) < 4.78 is 0. The van der Waals surface area contributed by atoms with Crippen LogP contribution in [-0.4, -0.2) is 43.0 Å². The zero-order valence-corrected chi connectivity index (χ0v) is 12.9. The molecule has 2 rings (SSSR count). The van der Waals surface area contributed by atoms with Crippen molar-refractivity contribution in [2.75, 3.05) is 26.2 Å². The third kappa shape index (κ3) is 5.84. The molecular weight excluding hydrogens is 276 g/mol. The maximum absolute atomic E-state index is 11.6. The van der Waals surface area contributed by atoms with E-state index in [9.17, 15) is 4.79 Å². The highest BCUT2D eigenvalue weighted by molar-refractivity contribution is 5.77. The third-order valence-corrected chi connectivity index (χ3v) is 3.95. The van der Waals surface area contributed by atoms with Gasteiger partial charge in [0.15, 0.2) is 0 Å². The van der Waals surface area contributed by atoms with Gasteiger partial charge in [-0.1, -0.05) is 30.3 Å². The van der Waals surface area contributed by atoms with E-state index in [0.29, 0.717) is 25.6 Å². The van der Waals surface area contributed by atoms with E-state index in [1.807, 2.05) is 12.1 Å². The van der Waals surface area contributed by atoms with Crippen LogP contribution in [0.5, 0.6) is 0 Å². The summed E-state index contributed by atoms with van der Waals surface area (Å²) in [5.74, 6) is -0.0260. The van der Waals surface area contributed by atoms with Crippen molar-refractivity contribution in [3.8, 4) is 6.07 Å². The lowest BCUT2D eigenvalue weighted by atomic mass is 10.0. The number of hydrogen-bond donors (Lipinski definition) is 2. The number of carbonyl (C=O) groups excluding carboxylic acids is 1. The summed E-state index contributed by atoms with van der Waals surface area (Å²) in [6.07, 6.45) is 2.50. The molecule has 1 aliphatic heterocycles. The first-order chi connectivity index (χ1) is 10.8. The Hall–Kier alpha value is -1.90. The molecule has 1 aromatic carbocycles. The molecule has 1 fully saturated rings. The van der Waals surface area contributed by atoms with Crippen molar-refractivity contribution in [2.24, 2.45) is 0 Å². The Morgan fingerprint density at radius 1 is 1.27 bits per heavy atom. The van der Waals surface area contributed by atoms with Crippen molar-refractivity contribution in [3.05, 3.63) is 35.9 Å². The number of piperidine rings is 1. The molecule has 0 atom stereocenters. The number of rotatable bonds is 7. The van der Waals surface area contributed by atoms with Gasteiger partial charge in [-0.2, -0.15) is 5.26 Å². The van der Waals surface area contributed by atoms with Crippen LogP contribution < -0.4 is 10.6 Å². The zero-order valence-electron chi connectivity index (χ0n) is 12.9. The molecule has 0 radical (unpaired) electrons. The maximum atomic E-state index is 11.6. The number of carbonyl (C=O) groups is 1. The summed E-state index contributed by atoms with van der Waals surface area (Å²) in [4.78, 5) is 14.0. The lowest BCUT2D eigenvalue weighted by Gasteiger charge is -2.32. The van der Waals surface area contributed by atoms with Gasteiger partial charge in [-0.3, -0.25) is 9.69 Å². The summed E-state index contributed by atoms with van der Waals surface area (Å²) in [6, 6.07) is 12.9. The fourth-order valence-electron chi connectivity index (χ4n) is 2.69. The summed E-state index contributed by atoms with van der Waals surface area (Å²) in [6.45, 7) is 3.90. The molecule has 2 N–H and O–H groups in total. The summed E-state index contributed by atoms with van der Waals surface area (Å²) >= 11 is 0. The van der Waals surface area contributed by atoms with Crippen LogP contribution in [0.3, 0.4) is 0 Å². The molecule has 5 nitrogen and oxygen atoms in total. The highest BCUT2D eigenvalue weighted by Gasteiger charge is 2.19. The molecule has 0 aromatic heterocycles. The Morgan fingerprint density at radius 3 is 2.68 bits per heavy atom. The molecule has 0 saturated carbocycles. The number of nitriles is 1. The first kappa shape index (κ1) is 16.5. The van der Waals surface area contributed by atoms with Crippen molar-refractivity contribution >= 4 is 5.91 Å². The van der Waals surface area contributed by atoms with E-state index in [-0.39, 0.29) is 5.91 Å². The number of likely N-dealkylation sites (tertiary alicyclic amines) is 1. The minimum absolute atomic E-state index is 0.0260. The van der Waals surface area contributed by atoms with Gasteiger partial charge in [-0.15, -0.1) is 0 Å². The SMILES string of the molecule is N#CCCNC(=O)CNC1CCN(Cc2ccccc2)CC1. The van der Waals surface area contributed by atoms with Crippen molar-refractivity contribution in [1.82, 2.24) is 15.5 Å². The second kappa shape index (κ2) is 9.19. The van der Waals surface area contributed by atoms with Gasteiger partial charge in [0, 0.05) is 19.1 Å². The van der Waals surface area contributed by atoms with Crippen LogP contribution in [-0.2, 0) is 11.3 Å². The first-order valence-electron chi connectivity index (χ1n) is 7.91. The van der Waals surface area contributed by atoms with E-state index in [1.165, 1.54) is 5.56 Å². The predicted molar refractivity (Wildman–Crippen MR) is 86.0 cm³/mol. The van der Waals surface area contributed by atoms with Crippen LogP contribution in [0.15, 0.2) is 30.3 Å². The minimum atomic E-state index is -0.0260. The first-order valence-corrected chi connectivity index (χ1v) is 7.91. The molecule has 1 aromatic rings. The van der Waals surface area contributed by atoms with Gasteiger partial charge in [-0.25, -0.2) is 0 Å². The molecule has 1 aliphatic rings. The molecule has 1 amide bonds. The zero-order chi connectivity index (χ0) is 15.6. The maximum Gasteiger partial charge on any atom is 0.233 e. The normalized spacial score (nSPS) is 16.1. The van der Waals surface area contributed by atoms with Gasteiger partial charge in [0.05, 0.1) is 19.0 Å². The van der Waals surface area contributed by atoms with Gasteiger partial charge >= 0.3 is 0 Å². The summed E-state index contributed by atoms with van der Waals surface area (Å²) in [7, 11) is 0. The molecule has 118 valence electrons. The number of nitrogens with zero attached hydrogens (tertiary/aromatic N) is 2. The topological polar surface area (TPSA) is 68.2 Å². The van der Waals surface area contributed by atoms with E-state index in [2.05, 4.69) is 39.8 Å². The number of benzene rings is 1. The fourth-order valence-corrected chi connectivity index (χ4v) is 2.69.